The molecule has 0 N–H and O–H groups in total. The Morgan fingerprint density at radius 1 is 1.14 bits per heavy atom. The minimum atomic E-state index is 0. The number of benzene rings is 1. The molecule has 74 valence electrons. The number of aryl methyl sites for hydroxylation is 1. The van der Waals surface area contributed by atoms with Gasteiger partial charge in [-0.3, -0.25) is 4.98 Å². The van der Waals surface area contributed by atoms with E-state index in [1.807, 2.05) is 30.5 Å². The first-order valence-electron chi connectivity index (χ1n) is 4.30. The Balaban J connectivity index is 0.000000980. The molecule has 0 aliphatic rings. The van der Waals surface area contributed by atoms with Gasteiger partial charge in [-0.2, -0.15) is 0 Å². The lowest BCUT2D eigenvalue weighted by Crippen LogP contribution is -1.89. The molecule has 0 atom stereocenters. The van der Waals surface area contributed by atoms with Gasteiger partial charge in [0.15, 0.2) is 0 Å². The molecule has 0 fully saturated rings. The van der Waals surface area contributed by atoms with Gasteiger partial charge < -0.3 is 0 Å². The number of fused-ring (bicyclic) bond motifs is 1. The van der Waals surface area contributed by atoms with Crippen molar-refractivity contribution in [2.45, 2.75) is 6.42 Å². The highest BCUT2D eigenvalue weighted by molar-refractivity contribution is 6.18. The maximum absolute atomic E-state index is 5.72. The smallest absolute Gasteiger partial charge is 0.0704 e. The van der Waals surface area contributed by atoms with Crippen molar-refractivity contribution in [1.82, 2.24) is 4.98 Å². The van der Waals surface area contributed by atoms with E-state index in [1.165, 1.54) is 10.9 Å². The van der Waals surface area contributed by atoms with Crippen molar-refractivity contribution in [2.24, 2.45) is 0 Å². The van der Waals surface area contributed by atoms with Crippen molar-refractivity contribution in [3.8, 4) is 0 Å². The van der Waals surface area contributed by atoms with Gasteiger partial charge in [-0.15, -0.1) is 24.0 Å². The Labute approximate surface area is 94.5 Å². The summed E-state index contributed by atoms with van der Waals surface area (Å²) in [6.07, 6.45) is 2.74. The van der Waals surface area contributed by atoms with E-state index in [1.54, 1.807) is 0 Å². The molecule has 1 aromatic heterocycles. The second-order valence-corrected chi connectivity index (χ2v) is 3.30. The highest BCUT2D eigenvalue weighted by Crippen LogP contribution is 2.16. The molecule has 0 unspecified atom stereocenters. The lowest BCUT2D eigenvalue weighted by atomic mass is 10.1. The third-order valence-electron chi connectivity index (χ3n) is 2.10. The average Bonchev–Trinajstić information content (AvgIpc) is 2.19. The molecule has 2 rings (SSSR count). The summed E-state index contributed by atoms with van der Waals surface area (Å²) in [6, 6.07) is 10.2. The van der Waals surface area contributed by atoms with Crippen molar-refractivity contribution < 1.29 is 0 Å². The molecule has 1 aromatic carbocycles. The number of hydrogen-bond acceptors (Lipinski definition) is 1. The highest BCUT2D eigenvalue weighted by atomic mass is 35.5. The Morgan fingerprint density at radius 3 is 2.71 bits per heavy atom. The van der Waals surface area contributed by atoms with Crippen molar-refractivity contribution in [1.29, 1.82) is 0 Å². The van der Waals surface area contributed by atoms with E-state index in [0.717, 1.165) is 11.9 Å². The normalized spacial score (nSPS) is 9.79. The second-order valence-electron chi connectivity index (χ2n) is 2.93. The molecule has 2 aromatic rings. The number of alkyl halides is 1. The lowest BCUT2D eigenvalue weighted by molar-refractivity contribution is 1.16. The minimum Gasteiger partial charge on any atom is -0.256 e. The molecular formula is C11H11Cl2N. The first-order valence-corrected chi connectivity index (χ1v) is 4.84. The topological polar surface area (TPSA) is 12.9 Å². The first kappa shape index (κ1) is 11.3. The van der Waals surface area contributed by atoms with Gasteiger partial charge in [-0.25, -0.2) is 0 Å². The van der Waals surface area contributed by atoms with E-state index in [0.29, 0.717) is 5.88 Å². The first-order chi connectivity index (χ1) is 6.42. The van der Waals surface area contributed by atoms with E-state index in [4.69, 9.17) is 11.6 Å². The van der Waals surface area contributed by atoms with Crippen LogP contribution in [-0.4, -0.2) is 10.9 Å². The number of para-hydroxylation sites is 1. The number of aromatic nitrogens is 1. The van der Waals surface area contributed by atoms with E-state index in [9.17, 15) is 0 Å². The average molecular weight is 228 g/mol. The maximum Gasteiger partial charge on any atom is 0.0704 e. The predicted molar refractivity (Wildman–Crippen MR) is 63.4 cm³/mol. The van der Waals surface area contributed by atoms with Crippen LogP contribution in [0.2, 0.25) is 0 Å². The lowest BCUT2D eigenvalue weighted by Gasteiger charge is -2.02. The van der Waals surface area contributed by atoms with Crippen LogP contribution < -0.4 is 0 Å². The van der Waals surface area contributed by atoms with Crippen LogP contribution in [0.25, 0.3) is 10.9 Å². The number of rotatable bonds is 2. The second kappa shape index (κ2) is 5.18. The Kier molecular flexibility index (Phi) is 4.18. The van der Waals surface area contributed by atoms with Crippen LogP contribution in [0.15, 0.2) is 36.5 Å². The summed E-state index contributed by atoms with van der Waals surface area (Å²) in [7, 11) is 0. The van der Waals surface area contributed by atoms with Crippen LogP contribution >= 0.6 is 24.0 Å². The molecule has 0 aliphatic carbocycles. The standard InChI is InChI=1S/C11H10ClN.ClH/c12-7-5-9-6-8-13-11-4-2-1-3-10(9)11;/h1-4,6,8H,5,7H2;1H. The van der Waals surface area contributed by atoms with E-state index < -0.39 is 0 Å². The van der Waals surface area contributed by atoms with Crippen LogP contribution in [-0.2, 0) is 6.42 Å². The molecule has 0 bridgehead atoms. The molecule has 0 saturated carbocycles. The molecule has 0 radical (unpaired) electrons. The molecular weight excluding hydrogens is 217 g/mol. The van der Waals surface area contributed by atoms with Gasteiger partial charge >= 0.3 is 0 Å². The van der Waals surface area contributed by atoms with Crippen LogP contribution in [0.3, 0.4) is 0 Å². The van der Waals surface area contributed by atoms with Gasteiger partial charge in [-0.1, -0.05) is 18.2 Å². The van der Waals surface area contributed by atoms with Crippen molar-refractivity contribution in [3.63, 3.8) is 0 Å². The third-order valence-corrected chi connectivity index (χ3v) is 2.29. The van der Waals surface area contributed by atoms with Crippen LogP contribution in [0, 0.1) is 0 Å². The number of hydrogen-bond donors (Lipinski definition) is 0. The third kappa shape index (κ3) is 2.17. The number of pyridine rings is 1. The maximum atomic E-state index is 5.72. The fourth-order valence-corrected chi connectivity index (χ4v) is 1.68. The van der Waals surface area contributed by atoms with Gasteiger partial charge in [0.2, 0.25) is 0 Å². The predicted octanol–water partition coefficient (Wildman–Crippen LogP) is 3.44. The molecule has 3 heteroatoms. The monoisotopic (exact) mass is 227 g/mol. The zero-order chi connectivity index (χ0) is 9.10. The Bertz CT molecular complexity index is 409. The number of nitrogens with zero attached hydrogens (tertiary/aromatic N) is 1. The highest BCUT2D eigenvalue weighted by Gasteiger charge is 1.99. The van der Waals surface area contributed by atoms with Gasteiger partial charge in [0.25, 0.3) is 0 Å². The molecule has 0 spiro atoms. The molecule has 0 amide bonds. The largest absolute Gasteiger partial charge is 0.256 e. The van der Waals surface area contributed by atoms with Gasteiger partial charge in [0.05, 0.1) is 5.52 Å². The molecule has 1 nitrogen and oxygen atoms in total. The fraction of sp³-hybridized carbons (Fsp3) is 0.182. The molecule has 0 saturated heterocycles. The summed E-state index contributed by atoms with van der Waals surface area (Å²) in [5.41, 5.74) is 2.32. The Hall–Kier alpha value is -0.790. The van der Waals surface area contributed by atoms with E-state index in [-0.39, 0.29) is 12.4 Å². The molecule has 14 heavy (non-hydrogen) atoms. The summed E-state index contributed by atoms with van der Waals surface area (Å²) in [5, 5.41) is 1.21. The van der Waals surface area contributed by atoms with Gasteiger partial charge in [0, 0.05) is 17.5 Å². The van der Waals surface area contributed by atoms with Crippen LogP contribution in [0.5, 0.6) is 0 Å². The zero-order valence-electron chi connectivity index (χ0n) is 7.61. The van der Waals surface area contributed by atoms with Crippen molar-refractivity contribution in [2.75, 3.05) is 5.88 Å². The Morgan fingerprint density at radius 2 is 1.93 bits per heavy atom. The quantitative estimate of drug-likeness (QED) is 0.717. The summed E-state index contributed by atoms with van der Waals surface area (Å²) in [6.45, 7) is 0. The summed E-state index contributed by atoms with van der Waals surface area (Å²) >= 11 is 5.72. The van der Waals surface area contributed by atoms with Gasteiger partial charge in [0.1, 0.15) is 0 Å². The van der Waals surface area contributed by atoms with Gasteiger partial charge in [-0.05, 0) is 24.1 Å². The summed E-state index contributed by atoms with van der Waals surface area (Å²) < 4.78 is 0. The molecule has 0 aliphatic heterocycles. The molecule has 1 heterocycles. The van der Waals surface area contributed by atoms with Crippen LogP contribution in [0.4, 0.5) is 0 Å². The summed E-state index contributed by atoms with van der Waals surface area (Å²) in [4.78, 5) is 4.28. The van der Waals surface area contributed by atoms with E-state index in [2.05, 4.69) is 11.1 Å². The van der Waals surface area contributed by atoms with Crippen molar-refractivity contribution in [3.05, 3.63) is 42.1 Å². The number of halogens is 2. The van der Waals surface area contributed by atoms with Crippen LogP contribution in [0.1, 0.15) is 5.56 Å². The zero-order valence-corrected chi connectivity index (χ0v) is 9.18. The summed E-state index contributed by atoms with van der Waals surface area (Å²) in [5.74, 6) is 0.661. The minimum absolute atomic E-state index is 0. The SMILES string of the molecule is Cl.ClCCc1ccnc2ccccc12. The van der Waals surface area contributed by atoms with E-state index >= 15 is 0 Å². The fourth-order valence-electron chi connectivity index (χ4n) is 1.47. The van der Waals surface area contributed by atoms with Crippen molar-refractivity contribution >= 4 is 34.9 Å².